The van der Waals surface area contributed by atoms with Crippen LogP contribution in [0.25, 0.3) is 0 Å². The largest absolute Gasteiger partial charge is 0.365 e. The Balaban J connectivity index is 1.82. The zero-order valence-corrected chi connectivity index (χ0v) is 14.0. The molecule has 1 nitrogen and oxygen atoms in total. The van der Waals surface area contributed by atoms with Crippen molar-refractivity contribution >= 4 is 15.9 Å². The summed E-state index contributed by atoms with van der Waals surface area (Å²) in [6.45, 7) is 2.13. The summed E-state index contributed by atoms with van der Waals surface area (Å²) in [7, 11) is 0. The van der Waals surface area contributed by atoms with Gasteiger partial charge in [-0.3, -0.25) is 0 Å². The number of aryl methyl sites for hydroxylation is 2. The van der Waals surface area contributed by atoms with Gasteiger partial charge in [0, 0.05) is 5.33 Å². The molecule has 0 amide bonds. The maximum absolute atomic E-state index is 6.46. The van der Waals surface area contributed by atoms with Crippen molar-refractivity contribution in [3.63, 3.8) is 0 Å². The van der Waals surface area contributed by atoms with E-state index in [-0.39, 0.29) is 12.2 Å². The normalized spacial score (nSPS) is 19.0. The Bertz CT molecular complexity index is 608. The number of benzene rings is 2. The van der Waals surface area contributed by atoms with E-state index in [2.05, 4.69) is 71.4 Å². The lowest BCUT2D eigenvalue weighted by Gasteiger charge is -2.29. The van der Waals surface area contributed by atoms with E-state index in [4.69, 9.17) is 4.74 Å². The molecule has 2 heteroatoms. The molecule has 0 aliphatic heterocycles. The molecular formula is C19H21BrO. The van der Waals surface area contributed by atoms with Gasteiger partial charge in [-0.05, 0) is 42.9 Å². The van der Waals surface area contributed by atoms with Crippen molar-refractivity contribution in [2.75, 3.05) is 5.33 Å². The first-order chi connectivity index (χ1) is 10.3. The van der Waals surface area contributed by atoms with E-state index in [9.17, 15) is 0 Å². The maximum atomic E-state index is 6.46. The van der Waals surface area contributed by atoms with Gasteiger partial charge in [-0.15, -0.1) is 0 Å². The highest BCUT2D eigenvalue weighted by Crippen LogP contribution is 2.36. The molecule has 110 valence electrons. The molecule has 2 atom stereocenters. The van der Waals surface area contributed by atoms with Crippen LogP contribution in [0.15, 0.2) is 48.5 Å². The Morgan fingerprint density at radius 2 is 2.05 bits per heavy atom. The average molecular weight is 345 g/mol. The zero-order valence-electron chi connectivity index (χ0n) is 12.4. The van der Waals surface area contributed by atoms with E-state index in [0.29, 0.717) is 0 Å². The number of alkyl halides is 1. The Hall–Kier alpha value is -1.12. The molecular weight excluding hydrogens is 324 g/mol. The van der Waals surface area contributed by atoms with Gasteiger partial charge in [0.05, 0.1) is 12.2 Å². The van der Waals surface area contributed by atoms with Crippen LogP contribution in [0.4, 0.5) is 0 Å². The molecule has 0 saturated heterocycles. The number of hydrogen-bond acceptors (Lipinski definition) is 1. The minimum absolute atomic E-state index is 0.112. The summed E-state index contributed by atoms with van der Waals surface area (Å²) in [5, 5.41) is 0.828. The predicted molar refractivity (Wildman–Crippen MR) is 90.9 cm³/mol. The van der Waals surface area contributed by atoms with Crippen molar-refractivity contribution in [2.24, 2.45) is 0 Å². The third kappa shape index (κ3) is 3.38. The molecule has 0 saturated carbocycles. The fourth-order valence-corrected chi connectivity index (χ4v) is 3.65. The van der Waals surface area contributed by atoms with E-state index in [0.717, 1.165) is 11.8 Å². The highest BCUT2D eigenvalue weighted by molar-refractivity contribution is 9.09. The molecule has 3 rings (SSSR count). The van der Waals surface area contributed by atoms with Gasteiger partial charge < -0.3 is 4.74 Å². The molecule has 0 fully saturated rings. The summed E-state index contributed by atoms with van der Waals surface area (Å²) in [4.78, 5) is 0. The van der Waals surface area contributed by atoms with Crippen LogP contribution in [0.3, 0.4) is 0 Å². The molecule has 0 heterocycles. The Morgan fingerprint density at radius 3 is 2.86 bits per heavy atom. The van der Waals surface area contributed by atoms with Gasteiger partial charge in [-0.25, -0.2) is 0 Å². The SMILES string of the molecule is Cc1cccc(C(CBr)OC2CCCc3ccccc32)c1. The van der Waals surface area contributed by atoms with Crippen LogP contribution in [-0.2, 0) is 11.2 Å². The van der Waals surface area contributed by atoms with Crippen LogP contribution in [0.5, 0.6) is 0 Å². The smallest absolute Gasteiger partial charge is 0.0930 e. The maximum Gasteiger partial charge on any atom is 0.0930 e. The lowest BCUT2D eigenvalue weighted by Crippen LogP contribution is -2.16. The first-order valence-corrected chi connectivity index (χ1v) is 8.76. The van der Waals surface area contributed by atoms with Crippen LogP contribution in [0, 0.1) is 6.92 Å². The van der Waals surface area contributed by atoms with Crippen molar-refractivity contribution in [3.8, 4) is 0 Å². The van der Waals surface area contributed by atoms with Crippen LogP contribution < -0.4 is 0 Å². The number of ether oxygens (including phenoxy) is 1. The lowest BCUT2D eigenvalue weighted by atomic mass is 9.89. The zero-order chi connectivity index (χ0) is 14.7. The molecule has 2 aromatic rings. The van der Waals surface area contributed by atoms with Crippen molar-refractivity contribution < 1.29 is 4.74 Å². The minimum Gasteiger partial charge on any atom is -0.365 e. The number of fused-ring (bicyclic) bond motifs is 1. The second-order valence-corrected chi connectivity index (χ2v) is 6.42. The quantitative estimate of drug-likeness (QED) is 0.663. The van der Waals surface area contributed by atoms with E-state index >= 15 is 0 Å². The first kappa shape index (κ1) is 14.8. The van der Waals surface area contributed by atoms with Gasteiger partial charge in [0.15, 0.2) is 0 Å². The van der Waals surface area contributed by atoms with Gasteiger partial charge in [0.2, 0.25) is 0 Å². The van der Waals surface area contributed by atoms with E-state index < -0.39 is 0 Å². The number of halogens is 1. The number of rotatable bonds is 4. The topological polar surface area (TPSA) is 9.23 Å². The Morgan fingerprint density at radius 1 is 1.19 bits per heavy atom. The number of hydrogen-bond donors (Lipinski definition) is 0. The second-order valence-electron chi connectivity index (χ2n) is 5.77. The predicted octanol–water partition coefficient (Wildman–Crippen LogP) is 5.53. The Kier molecular flexibility index (Phi) is 4.77. The standard InChI is InChI=1S/C19H21BrO/c1-14-6-4-9-16(12-14)19(13-20)21-18-11-5-8-15-7-2-3-10-17(15)18/h2-4,6-7,9-10,12,18-19H,5,8,11,13H2,1H3. The van der Waals surface area contributed by atoms with Gasteiger partial charge in [-0.2, -0.15) is 0 Å². The van der Waals surface area contributed by atoms with E-state index in [1.807, 2.05) is 0 Å². The molecule has 0 radical (unpaired) electrons. The average Bonchev–Trinajstić information content (AvgIpc) is 2.52. The highest BCUT2D eigenvalue weighted by atomic mass is 79.9. The summed E-state index contributed by atoms with van der Waals surface area (Å²) < 4.78 is 6.46. The summed E-state index contributed by atoms with van der Waals surface area (Å²) in [6, 6.07) is 17.3. The molecule has 0 aromatic heterocycles. The van der Waals surface area contributed by atoms with Gasteiger partial charge in [0.25, 0.3) is 0 Å². The van der Waals surface area contributed by atoms with E-state index in [1.165, 1.54) is 35.1 Å². The van der Waals surface area contributed by atoms with Crippen molar-refractivity contribution in [2.45, 2.75) is 38.4 Å². The molecule has 21 heavy (non-hydrogen) atoms. The molecule has 0 N–H and O–H groups in total. The van der Waals surface area contributed by atoms with Crippen molar-refractivity contribution in [1.29, 1.82) is 0 Å². The molecule has 1 aliphatic rings. The molecule has 2 unspecified atom stereocenters. The molecule has 0 bridgehead atoms. The molecule has 0 spiro atoms. The van der Waals surface area contributed by atoms with Crippen molar-refractivity contribution in [1.82, 2.24) is 0 Å². The fraction of sp³-hybridized carbons (Fsp3) is 0.368. The summed E-state index contributed by atoms with van der Waals surface area (Å²) in [5.74, 6) is 0. The highest BCUT2D eigenvalue weighted by Gasteiger charge is 2.24. The van der Waals surface area contributed by atoms with Gasteiger partial charge >= 0.3 is 0 Å². The Labute approximate surface area is 135 Å². The fourth-order valence-electron chi connectivity index (χ4n) is 3.12. The second kappa shape index (κ2) is 6.76. The first-order valence-electron chi connectivity index (χ1n) is 7.63. The van der Waals surface area contributed by atoms with Crippen LogP contribution in [0.2, 0.25) is 0 Å². The van der Waals surface area contributed by atoms with Crippen LogP contribution in [0.1, 0.15) is 47.3 Å². The molecule has 2 aromatic carbocycles. The van der Waals surface area contributed by atoms with Crippen LogP contribution >= 0.6 is 15.9 Å². The third-order valence-corrected chi connectivity index (χ3v) is 4.79. The van der Waals surface area contributed by atoms with Crippen LogP contribution in [-0.4, -0.2) is 5.33 Å². The molecule has 1 aliphatic carbocycles. The lowest BCUT2D eigenvalue weighted by molar-refractivity contribution is -0.0110. The van der Waals surface area contributed by atoms with Crippen molar-refractivity contribution in [3.05, 3.63) is 70.8 Å². The summed E-state index contributed by atoms with van der Waals surface area (Å²) in [6.07, 6.45) is 3.84. The summed E-state index contributed by atoms with van der Waals surface area (Å²) in [5.41, 5.74) is 5.37. The third-order valence-electron chi connectivity index (χ3n) is 4.20. The monoisotopic (exact) mass is 344 g/mol. The van der Waals surface area contributed by atoms with Gasteiger partial charge in [0.1, 0.15) is 0 Å². The van der Waals surface area contributed by atoms with E-state index in [1.54, 1.807) is 0 Å². The summed E-state index contributed by atoms with van der Waals surface area (Å²) >= 11 is 3.62. The van der Waals surface area contributed by atoms with Gasteiger partial charge in [-0.1, -0.05) is 70.0 Å². The minimum atomic E-state index is 0.112.